The van der Waals surface area contributed by atoms with Crippen LogP contribution in [0.2, 0.25) is 0 Å². The molecule has 1 aromatic rings. The lowest BCUT2D eigenvalue weighted by molar-refractivity contribution is 0.00908. The van der Waals surface area contributed by atoms with Crippen LogP contribution in [0.1, 0.15) is 48.9 Å². The van der Waals surface area contributed by atoms with Gasteiger partial charge in [-0.15, -0.1) is 0 Å². The van der Waals surface area contributed by atoms with Crippen LogP contribution >= 0.6 is 0 Å². The van der Waals surface area contributed by atoms with Gasteiger partial charge in [-0.25, -0.2) is 9.59 Å². The number of benzene rings is 1. The molecule has 3 saturated heterocycles. The molecule has 0 saturated carbocycles. The van der Waals surface area contributed by atoms with E-state index in [-0.39, 0.29) is 12.1 Å². The van der Waals surface area contributed by atoms with Crippen LogP contribution in [0, 0.1) is 11.8 Å². The molecular weight excluding hydrogens is 378 g/mol. The predicted molar refractivity (Wildman–Crippen MR) is 115 cm³/mol. The molecule has 160 valence electrons. The lowest BCUT2D eigenvalue weighted by Crippen LogP contribution is -2.60. The van der Waals surface area contributed by atoms with Crippen molar-refractivity contribution in [3.63, 3.8) is 0 Å². The number of urea groups is 1. The Labute approximate surface area is 178 Å². The second-order valence-corrected chi connectivity index (χ2v) is 9.17. The molecule has 3 aliphatic heterocycles. The molecule has 2 amide bonds. The van der Waals surface area contributed by atoms with Crippen molar-refractivity contribution in [3.05, 3.63) is 41.5 Å². The zero-order valence-corrected chi connectivity index (χ0v) is 17.7. The lowest BCUT2D eigenvalue weighted by atomic mass is 9.68. The third kappa shape index (κ3) is 3.41. The molecule has 5 rings (SSSR count). The van der Waals surface area contributed by atoms with Crippen molar-refractivity contribution in [2.75, 3.05) is 32.1 Å². The monoisotopic (exact) mass is 409 g/mol. The number of piperidine rings is 3. The summed E-state index contributed by atoms with van der Waals surface area (Å²) in [4.78, 5) is 30.2. The number of fused-ring (bicyclic) bond motifs is 6. The number of carbonyl (C=O) groups excluding carboxylic acids is 2. The van der Waals surface area contributed by atoms with E-state index < -0.39 is 5.97 Å². The van der Waals surface area contributed by atoms with Gasteiger partial charge in [0.05, 0.1) is 24.4 Å². The number of amides is 2. The van der Waals surface area contributed by atoms with Gasteiger partial charge < -0.3 is 15.0 Å². The van der Waals surface area contributed by atoms with E-state index in [1.165, 1.54) is 44.9 Å². The Balaban J connectivity index is 1.39. The first-order valence-corrected chi connectivity index (χ1v) is 11.4. The van der Waals surface area contributed by atoms with Gasteiger partial charge in [0.1, 0.15) is 0 Å². The first-order valence-electron chi connectivity index (χ1n) is 11.4. The van der Waals surface area contributed by atoms with E-state index in [0.717, 1.165) is 25.9 Å². The SMILES string of the molecule is COC(=O)c1ccccc1NC(=O)N1CCCC2=C[C@H]3C[C@@H](CN4CCCC[C@H]34)[C@H]21. The largest absolute Gasteiger partial charge is 0.465 e. The molecule has 3 heterocycles. The number of likely N-dealkylation sites (tertiary alicyclic amines) is 1. The van der Waals surface area contributed by atoms with Crippen molar-refractivity contribution >= 4 is 17.7 Å². The van der Waals surface area contributed by atoms with Gasteiger partial charge in [-0.05, 0) is 62.6 Å². The Hall–Kier alpha value is -2.34. The third-order valence-corrected chi connectivity index (χ3v) is 7.49. The number of para-hydroxylation sites is 1. The van der Waals surface area contributed by atoms with Crippen LogP contribution in [0.15, 0.2) is 35.9 Å². The molecule has 4 aliphatic rings. The van der Waals surface area contributed by atoms with Gasteiger partial charge in [-0.3, -0.25) is 4.90 Å². The van der Waals surface area contributed by atoms with Crippen LogP contribution < -0.4 is 5.32 Å². The first kappa shape index (κ1) is 19.6. The van der Waals surface area contributed by atoms with E-state index in [0.29, 0.717) is 29.1 Å². The quantitative estimate of drug-likeness (QED) is 0.594. The van der Waals surface area contributed by atoms with Gasteiger partial charge in [0.2, 0.25) is 0 Å². The average molecular weight is 410 g/mol. The van der Waals surface area contributed by atoms with E-state index >= 15 is 0 Å². The highest BCUT2D eigenvalue weighted by atomic mass is 16.5. The fourth-order valence-corrected chi connectivity index (χ4v) is 6.27. The first-order chi connectivity index (χ1) is 14.7. The van der Waals surface area contributed by atoms with E-state index in [1.807, 2.05) is 11.0 Å². The molecule has 30 heavy (non-hydrogen) atoms. The van der Waals surface area contributed by atoms with E-state index in [1.54, 1.807) is 18.2 Å². The summed E-state index contributed by atoms with van der Waals surface area (Å²) in [5.74, 6) is 0.721. The number of rotatable bonds is 2. The average Bonchev–Trinajstić information content (AvgIpc) is 2.78. The highest BCUT2D eigenvalue weighted by Crippen LogP contribution is 2.45. The summed E-state index contributed by atoms with van der Waals surface area (Å²) in [6.45, 7) is 3.07. The number of nitrogens with one attached hydrogen (secondary N) is 1. The van der Waals surface area contributed by atoms with Crippen molar-refractivity contribution in [1.29, 1.82) is 0 Å². The minimum Gasteiger partial charge on any atom is -0.465 e. The van der Waals surface area contributed by atoms with Crippen LogP contribution in [0.3, 0.4) is 0 Å². The van der Waals surface area contributed by atoms with Crippen molar-refractivity contribution < 1.29 is 14.3 Å². The summed E-state index contributed by atoms with van der Waals surface area (Å²) in [6.07, 6.45) is 9.78. The second kappa shape index (κ2) is 8.06. The van der Waals surface area contributed by atoms with Crippen molar-refractivity contribution in [1.82, 2.24) is 9.80 Å². The molecule has 0 radical (unpaired) electrons. The topological polar surface area (TPSA) is 61.9 Å². The number of hydrogen-bond donors (Lipinski definition) is 1. The van der Waals surface area contributed by atoms with E-state index in [9.17, 15) is 9.59 Å². The summed E-state index contributed by atoms with van der Waals surface area (Å²) in [5.41, 5.74) is 2.36. The maximum absolute atomic E-state index is 13.4. The fraction of sp³-hybridized carbons (Fsp3) is 0.583. The number of methoxy groups -OCH3 is 1. The van der Waals surface area contributed by atoms with Crippen LogP contribution in [-0.4, -0.2) is 60.6 Å². The maximum atomic E-state index is 13.4. The van der Waals surface area contributed by atoms with Gasteiger partial charge in [-0.2, -0.15) is 0 Å². The molecule has 2 bridgehead atoms. The molecule has 4 atom stereocenters. The van der Waals surface area contributed by atoms with Crippen molar-refractivity contribution in [3.8, 4) is 0 Å². The minimum absolute atomic E-state index is 0.110. The molecule has 0 aromatic heterocycles. The highest BCUT2D eigenvalue weighted by Gasteiger charge is 2.47. The van der Waals surface area contributed by atoms with Gasteiger partial charge in [-0.1, -0.05) is 30.2 Å². The number of nitrogens with zero attached hydrogens (tertiary/aromatic N) is 2. The Morgan fingerprint density at radius 3 is 2.87 bits per heavy atom. The van der Waals surface area contributed by atoms with Crippen LogP contribution in [0.25, 0.3) is 0 Å². The maximum Gasteiger partial charge on any atom is 0.339 e. The number of hydrogen-bond acceptors (Lipinski definition) is 4. The third-order valence-electron chi connectivity index (χ3n) is 7.49. The van der Waals surface area contributed by atoms with E-state index in [2.05, 4.69) is 16.3 Å². The number of esters is 1. The fourth-order valence-electron chi connectivity index (χ4n) is 6.27. The zero-order chi connectivity index (χ0) is 20.7. The molecule has 1 aromatic carbocycles. The van der Waals surface area contributed by atoms with Gasteiger partial charge in [0.25, 0.3) is 0 Å². The molecule has 6 nitrogen and oxygen atoms in total. The number of carbonyl (C=O) groups is 2. The van der Waals surface area contributed by atoms with Gasteiger partial charge >= 0.3 is 12.0 Å². The summed E-state index contributed by atoms with van der Waals surface area (Å²) in [7, 11) is 1.36. The standard InChI is InChI=1S/C24H31N3O3/c1-30-23(28)19-8-2-3-9-20(19)25-24(29)27-12-6-7-16-13-17-14-18(22(16)27)15-26-11-5-4-10-21(17)26/h2-3,8-9,13,17-18,21-22H,4-7,10-12,14-15H2,1H3,(H,25,29)/t17-,18-,21+,22-/m0/s1. The number of anilines is 1. The van der Waals surface area contributed by atoms with E-state index in [4.69, 9.17) is 4.74 Å². The smallest absolute Gasteiger partial charge is 0.339 e. The molecule has 1 aliphatic carbocycles. The Morgan fingerprint density at radius 1 is 1.13 bits per heavy atom. The summed E-state index contributed by atoms with van der Waals surface area (Å²) in [5, 5.41) is 3.00. The zero-order valence-electron chi connectivity index (χ0n) is 17.7. The highest BCUT2D eigenvalue weighted by molar-refractivity contribution is 6.00. The molecule has 3 fully saturated rings. The lowest BCUT2D eigenvalue weighted by Gasteiger charge is -2.54. The predicted octanol–water partition coefficient (Wildman–Crippen LogP) is 3.90. The summed E-state index contributed by atoms with van der Waals surface area (Å²) in [6, 6.07) is 7.84. The van der Waals surface area contributed by atoms with Gasteiger partial charge in [0.15, 0.2) is 0 Å². The van der Waals surface area contributed by atoms with Crippen LogP contribution in [0.5, 0.6) is 0 Å². The molecule has 1 N–H and O–H groups in total. The van der Waals surface area contributed by atoms with Crippen LogP contribution in [0.4, 0.5) is 10.5 Å². The summed E-state index contributed by atoms with van der Waals surface area (Å²) >= 11 is 0. The second-order valence-electron chi connectivity index (χ2n) is 9.17. The number of ether oxygens (including phenoxy) is 1. The van der Waals surface area contributed by atoms with Crippen molar-refractivity contribution in [2.24, 2.45) is 11.8 Å². The van der Waals surface area contributed by atoms with Crippen molar-refractivity contribution in [2.45, 2.75) is 50.6 Å². The summed E-state index contributed by atoms with van der Waals surface area (Å²) < 4.78 is 4.88. The molecule has 6 heteroatoms. The molecule has 0 spiro atoms. The normalized spacial score (nSPS) is 30.6. The Bertz CT molecular complexity index is 867. The molecular formula is C24H31N3O3. The Kier molecular flexibility index (Phi) is 5.27. The molecule has 0 unspecified atom stereocenters. The minimum atomic E-state index is -0.436. The van der Waals surface area contributed by atoms with Crippen LogP contribution in [-0.2, 0) is 4.74 Å². The Morgan fingerprint density at radius 2 is 2.00 bits per heavy atom. The van der Waals surface area contributed by atoms with Gasteiger partial charge in [0, 0.05) is 19.1 Å².